The Hall–Kier alpha value is -2.36. The number of nitrogens with one attached hydrogen (secondary N) is 1. The SMILES string of the molecule is O=C(NCc1ccccn1)c1cccc(-c2ccc(Cl)c(Cl)c2)c1. The summed E-state index contributed by atoms with van der Waals surface area (Å²) in [5.74, 6) is -0.150. The average molecular weight is 357 g/mol. The summed E-state index contributed by atoms with van der Waals surface area (Å²) in [4.78, 5) is 16.5. The zero-order chi connectivity index (χ0) is 16.9. The summed E-state index contributed by atoms with van der Waals surface area (Å²) < 4.78 is 0. The van der Waals surface area contributed by atoms with E-state index in [0.29, 0.717) is 22.2 Å². The highest BCUT2D eigenvalue weighted by Crippen LogP contribution is 2.28. The normalized spacial score (nSPS) is 10.4. The molecule has 0 aliphatic heterocycles. The predicted molar refractivity (Wildman–Crippen MR) is 97.3 cm³/mol. The molecule has 1 amide bonds. The van der Waals surface area contributed by atoms with Crippen LogP contribution in [0.3, 0.4) is 0 Å². The van der Waals surface area contributed by atoms with Crippen molar-refractivity contribution in [2.45, 2.75) is 6.54 Å². The summed E-state index contributed by atoms with van der Waals surface area (Å²) in [6, 6.07) is 18.4. The van der Waals surface area contributed by atoms with Gasteiger partial charge in [0.2, 0.25) is 0 Å². The first-order valence-corrected chi connectivity index (χ1v) is 8.13. The van der Waals surface area contributed by atoms with Crippen molar-refractivity contribution in [1.29, 1.82) is 0 Å². The van der Waals surface area contributed by atoms with Gasteiger partial charge in [-0.1, -0.05) is 47.5 Å². The average Bonchev–Trinajstić information content (AvgIpc) is 2.63. The number of rotatable bonds is 4. The van der Waals surface area contributed by atoms with E-state index in [2.05, 4.69) is 10.3 Å². The maximum atomic E-state index is 12.3. The van der Waals surface area contributed by atoms with Crippen LogP contribution in [0.4, 0.5) is 0 Å². The molecule has 0 saturated heterocycles. The van der Waals surface area contributed by atoms with Gasteiger partial charge in [-0.2, -0.15) is 0 Å². The van der Waals surface area contributed by atoms with Crippen LogP contribution in [0.25, 0.3) is 11.1 Å². The molecule has 0 saturated carbocycles. The number of pyridine rings is 1. The van der Waals surface area contributed by atoms with Crippen LogP contribution in [0.5, 0.6) is 0 Å². The van der Waals surface area contributed by atoms with Gasteiger partial charge in [-0.25, -0.2) is 0 Å². The van der Waals surface area contributed by atoms with Crippen LogP contribution >= 0.6 is 23.2 Å². The quantitative estimate of drug-likeness (QED) is 0.715. The summed E-state index contributed by atoms with van der Waals surface area (Å²) in [6.07, 6.45) is 1.70. The molecule has 3 nitrogen and oxygen atoms in total. The number of hydrogen-bond acceptors (Lipinski definition) is 2. The molecule has 0 fully saturated rings. The number of halogens is 2. The molecule has 0 bridgehead atoms. The fourth-order valence-corrected chi connectivity index (χ4v) is 2.59. The van der Waals surface area contributed by atoms with Gasteiger partial charge < -0.3 is 5.32 Å². The Kier molecular flexibility index (Phi) is 5.14. The summed E-state index contributed by atoms with van der Waals surface area (Å²) in [6.45, 7) is 0.386. The molecule has 120 valence electrons. The van der Waals surface area contributed by atoms with E-state index < -0.39 is 0 Å². The summed E-state index contributed by atoms with van der Waals surface area (Å²) in [5, 5.41) is 3.86. The predicted octanol–water partition coefficient (Wildman–Crippen LogP) is 4.99. The van der Waals surface area contributed by atoms with Crippen LogP contribution in [-0.2, 0) is 6.54 Å². The molecule has 0 spiro atoms. The highest BCUT2D eigenvalue weighted by Gasteiger charge is 2.08. The van der Waals surface area contributed by atoms with Gasteiger partial charge in [-0.05, 0) is 47.5 Å². The van der Waals surface area contributed by atoms with E-state index in [1.54, 1.807) is 24.4 Å². The molecule has 5 heteroatoms. The number of benzene rings is 2. The van der Waals surface area contributed by atoms with Crippen LogP contribution in [0.15, 0.2) is 66.9 Å². The van der Waals surface area contributed by atoms with Crippen molar-refractivity contribution in [3.63, 3.8) is 0 Å². The molecule has 1 aromatic heterocycles. The van der Waals surface area contributed by atoms with Crippen molar-refractivity contribution < 1.29 is 4.79 Å². The van der Waals surface area contributed by atoms with Crippen LogP contribution in [0.2, 0.25) is 10.0 Å². The highest BCUT2D eigenvalue weighted by atomic mass is 35.5. The van der Waals surface area contributed by atoms with Crippen molar-refractivity contribution in [3.8, 4) is 11.1 Å². The van der Waals surface area contributed by atoms with E-state index in [1.807, 2.05) is 42.5 Å². The molecule has 0 radical (unpaired) electrons. The van der Waals surface area contributed by atoms with E-state index in [4.69, 9.17) is 23.2 Å². The highest BCUT2D eigenvalue weighted by molar-refractivity contribution is 6.42. The van der Waals surface area contributed by atoms with Crippen molar-refractivity contribution in [3.05, 3.63) is 88.2 Å². The number of hydrogen-bond donors (Lipinski definition) is 1. The van der Waals surface area contributed by atoms with E-state index in [-0.39, 0.29) is 5.91 Å². The standard InChI is InChI=1S/C19H14Cl2N2O/c20-17-8-7-14(11-18(17)21)13-4-3-5-15(10-13)19(24)23-12-16-6-1-2-9-22-16/h1-11H,12H2,(H,23,24). The molecule has 24 heavy (non-hydrogen) atoms. The molecule has 2 aromatic carbocycles. The Morgan fingerprint density at radius 3 is 2.50 bits per heavy atom. The molecular formula is C19H14Cl2N2O. The largest absolute Gasteiger partial charge is 0.346 e. The zero-order valence-corrected chi connectivity index (χ0v) is 14.2. The molecule has 0 aliphatic rings. The van der Waals surface area contributed by atoms with Crippen molar-refractivity contribution in [1.82, 2.24) is 10.3 Å². The second-order valence-electron chi connectivity index (χ2n) is 5.21. The molecule has 1 heterocycles. The summed E-state index contributed by atoms with van der Waals surface area (Å²) in [7, 11) is 0. The van der Waals surface area contributed by atoms with Crippen LogP contribution in [-0.4, -0.2) is 10.9 Å². The van der Waals surface area contributed by atoms with Gasteiger partial charge in [0.05, 0.1) is 22.3 Å². The lowest BCUT2D eigenvalue weighted by Gasteiger charge is -2.08. The van der Waals surface area contributed by atoms with Gasteiger partial charge in [0.15, 0.2) is 0 Å². The van der Waals surface area contributed by atoms with Gasteiger partial charge in [0.25, 0.3) is 5.91 Å². The zero-order valence-electron chi connectivity index (χ0n) is 12.7. The minimum Gasteiger partial charge on any atom is -0.346 e. The van der Waals surface area contributed by atoms with Crippen molar-refractivity contribution in [2.24, 2.45) is 0 Å². The first-order valence-electron chi connectivity index (χ1n) is 7.37. The van der Waals surface area contributed by atoms with E-state index in [1.165, 1.54) is 0 Å². The molecule has 3 aromatic rings. The number of nitrogens with zero attached hydrogens (tertiary/aromatic N) is 1. The summed E-state index contributed by atoms with van der Waals surface area (Å²) in [5.41, 5.74) is 3.20. The lowest BCUT2D eigenvalue weighted by molar-refractivity contribution is 0.0950. The molecular weight excluding hydrogens is 343 g/mol. The fraction of sp³-hybridized carbons (Fsp3) is 0.0526. The molecule has 0 unspecified atom stereocenters. The van der Waals surface area contributed by atoms with Gasteiger partial charge in [0, 0.05) is 11.8 Å². The first kappa shape index (κ1) is 16.5. The second kappa shape index (κ2) is 7.47. The third kappa shape index (κ3) is 3.94. The van der Waals surface area contributed by atoms with Crippen LogP contribution < -0.4 is 5.32 Å². The Bertz CT molecular complexity index is 866. The van der Waals surface area contributed by atoms with E-state index in [0.717, 1.165) is 16.8 Å². The minimum absolute atomic E-state index is 0.150. The maximum absolute atomic E-state index is 12.3. The Morgan fingerprint density at radius 2 is 1.75 bits per heavy atom. The molecule has 0 aliphatic carbocycles. The van der Waals surface area contributed by atoms with E-state index in [9.17, 15) is 4.79 Å². The molecule has 0 atom stereocenters. The van der Waals surface area contributed by atoms with Crippen molar-refractivity contribution >= 4 is 29.1 Å². The monoisotopic (exact) mass is 356 g/mol. The van der Waals surface area contributed by atoms with Gasteiger partial charge in [-0.3, -0.25) is 9.78 Å². The lowest BCUT2D eigenvalue weighted by atomic mass is 10.0. The Morgan fingerprint density at radius 1 is 0.917 bits per heavy atom. The molecule has 1 N–H and O–H groups in total. The van der Waals surface area contributed by atoms with Gasteiger partial charge >= 0.3 is 0 Å². The smallest absolute Gasteiger partial charge is 0.251 e. The van der Waals surface area contributed by atoms with E-state index >= 15 is 0 Å². The van der Waals surface area contributed by atoms with Gasteiger partial charge in [0.1, 0.15) is 0 Å². The maximum Gasteiger partial charge on any atom is 0.251 e. The number of aromatic nitrogens is 1. The van der Waals surface area contributed by atoms with Gasteiger partial charge in [-0.15, -0.1) is 0 Å². The number of carbonyl (C=O) groups excluding carboxylic acids is 1. The summed E-state index contributed by atoms with van der Waals surface area (Å²) >= 11 is 12.0. The van der Waals surface area contributed by atoms with Crippen LogP contribution in [0, 0.1) is 0 Å². The topological polar surface area (TPSA) is 42.0 Å². The van der Waals surface area contributed by atoms with Crippen LogP contribution in [0.1, 0.15) is 16.1 Å². The Labute approximate surface area is 150 Å². The second-order valence-corrected chi connectivity index (χ2v) is 6.03. The lowest BCUT2D eigenvalue weighted by Crippen LogP contribution is -2.23. The minimum atomic E-state index is -0.150. The third-order valence-corrected chi connectivity index (χ3v) is 4.27. The molecule has 3 rings (SSSR count). The number of amides is 1. The first-order chi connectivity index (χ1) is 11.6. The number of carbonyl (C=O) groups is 1. The fourth-order valence-electron chi connectivity index (χ4n) is 2.29. The van der Waals surface area contributed by atoms with Crippen molar-refractivity contribution in [2.75, 3.05) is 0 Å². The Balaban J connectivity index is 1.77. The third-order valence-electron chi connectivity index (χ3n) is 3.53.